The van der Waals surface area contributed by atoms with Crippen molar-refractivity contribution in [3.63, 3.8) is 0 Å². The van der Waals surface area contributed by atoms with Gasteiger partial charge in [0.2, 0.25) is 11.9 Å². The second-order valence-electron chi connectivity index (χ2n) is 9.34. The van der Waals surface area contributed by atoms with Gasteiger partial charge in [0.1, 0.15) is 16.8 Å². The van der Waals surface area contributed by atoms with Gasteiger partial charge in [-0.3, -0.25) is 4.68 Å². The summed E-state index contributed by atoms with van der Waals surface area (Å²) in [6.07, 6.45) is 5.68. The molecule has 1 aromatic carbocycles. The van der Waals surface area contributed by atoms with E-state index in [-0.39, 0.29) is 24.7 Å². The number of benzene rings is 1. The molecule has 3 N–H and O–H groups in total. The molecule has 184 valence electrons. The Morgan fingerprint density at radius 1 is 1.24 bits per heavy atom. The Hall–Kier alpha value is -2.97. The molecule has 0 saturated heterocycles. The fourth-order valence-corrected chi connectivity index (χ4v) is 4.79. The summed E-state index contributed by atoms with van der Waals surface area (Å²) in [5.41, 5.74) is 10.6. The number of nitrogens with one attached hydrogen (secondary N) is 1. The fraction of sp³-hybridized carbons (Fsp3) is 0.560. The molecule has 0 unspecified atom stereocenters. The molecule has 1 saturated carbocycles. The van der Waals surface area contributed by atoms with Crippen molar-refractivity contribution in [1.82, 2.24) is 19.7 Å². The molecule has 3 aromatic rings. The summed E-state index contributed by atoms with van der Waals surface area (Å²) in [6.45, 7) is 5.47. The first kappa shape index (κ1) is 24.2. The van der Waals surface area contributed by atoms with Crippen molar-refractivity contribution >= 4 is 22.8 Å². The molecule has 34 heavy (non-hydrogen) atoms. The molecule has 0 bridgehead atoms. The predicted molar refractivity (Wildman–Crippen MR) is 131 cm³/mol. The molecule has 9 heteroatoms. The molecule has 2 heterocycles. The van der Waals surface area contributed by atoms with Crippen molar-refractivity contribution in [2.24, 2.45) is 5.92 Å². The highest BCUT2D eigenvalue weighted by atomic mass is 19.3. The first-order chi connectivity index (χ1) is 16.3. The van der Waals surface area contributed by atoms with Crippen LogP contribution in [0.1, 0.15) is 62.1 Å². The molecule has 2 aromatic heterocycles. The van der Waals surface area contributed by atoms with Crippen LogP contribution in [0, 0.1) is 12.8 Å². The van der Waals surface area contributed by atoms with Gasteiger partial charge in [-0.05, 0) is 55.7 Å². The Balaban J connectivity index is 1.59. The van der Waals surface area contributed by atoms with Crippen molar-refractivity contribution in [3.8, 4) is 5.75 Å². The molecular weight excluding hydrogens is 438 g/mol. The maximum absolute atomic E-state index is 13.5. The van der Waals surface area contributed by atoms with Crippen LogP contribution >= 0.6 is 0 Å². The SMILES string of the molecule is CCCCNc1nc(N)nc2cnn(Cc3c(C)cc(CC4CCC(F)(F)CC4)cc3OC)c12. The van der Waals surface area contributed by atoms with Gasteiger partial charge in [-0.25, -0.2) is 13.8 Å². The zero-order valence-electron chi connectivity index (χ0n) is 20.2. The number of rotatable bonds is 9. The third-order valence-electron chi connectivity index (χ3n) is 6.71. The average molecular weight is 473 g/mol. The third-order valence-corrected chi connectivity index (χ3v) is 6.71. The van der Waals surface area contributed by atoms with Crippen LogP contribution < -0.4 is 15.8 Å². The number of alkyl halides is 2. The largest absolute Gasteiger partial charge is 0.496 e. The van der Waals surface area contributed by atoms with E-state index in [1.165, 1.54) is 0 Å². The lowest BCUT2D eigenvalue weighted by Gasteiger charge is -2.28. The summed E-state index contributed by atoms with van der Waals surface area (Å²) in [7, 11) is 1.66. The van der Waals surface area contributed by atoms with Gasteiger partial charge in [0.25, 0.3) is 0 Å². The number of nitrogen functional groups attached to an aromatic ring is 1. The van der Waals surface area contributed by atoms with E-state index in [2.05, 4.69) is 40.3 Å². The lowest BCUT2D eigenvalue weighted by Crippen LogP contribution is -2.25. The molecule has 0 atom stereocenters. The van der Waals surface area contributed by atoms with Crippen LogP contribution in [0.3, 0.4) is 0 Å². The van der Waals surface area contributed by atoms with E-state index in [0.717, 1.165) is 53.8 Å². The molecule has 1 aliphatic rings. The van der Waals surface area contributed by atoms with Crippen LogP contribution in [-0.2, 0) is 13.0 Å². The van der Waals surface area contributed by atoms with Crippen LogP contribution in [-0.4, -0.2) is 39.3 Å². The molecule has 0 spiro atoms. The third kappa shape index (κ3) is 5.39. The Bertz CT molecular complexity index is 1140. The zero-order valence-corrected chi connectivity index (χ0v) is 20.2. The highest BCUT2D eigenvalue weighted by Gasteiger charge is 2.34. The highest BCUT2D eigenvalue weighted by Crippen LogP contribution is 2.38. The molecule has 1 aliphatic carbocycles. The molecule has 0 aliphatic heterocycles. The van der Waals surface area contributed by atoms with Gasteiger partial charge in [0.15, 0.2) is 5.82 Å². The van der Waals surface area contributed by atoms with E-state index in [1.54, 1.807) is 13.3 Å². The van der Waals surface area contributed by atoms with E-state index < -0.39 is 5.92 Å². The van der Waals surface area contributed by atoms with E-state index in [1.807, 2.05) is 10.7 Å². The minimum absolute atomic E-state index is 0.0144. The van der Waals surface area contributed by atoms with Crippen molar-refractivity contribution in [1.29, 1.82) is 0 Å². The summed E-state index contributed by atoms with van der Waals surface area (Å²) < 4.78 is 34.7. The first-order valence-corrected chi connectivity index (χ1v) is 12.1. The van der Waals surface area contributed by atoms with E-state index in [0.29, 0.717) is 30.7 Å². The number of nitrogens with two attached hydrogens (primary N) is 1. The maximum Gasteiger partial charge on any atom is 0.248 e. The Labute approximate surface area is 199 Å². The van der Waals surface area contributed by atoms with Gasteiger partial charge in [0.05, 0.1) is 19.9 Å². The van der Waals surface area contributed by atoms with Gasteiger partial charge in [-0.1, -0.05) is 19.4 Å². The van der Waals surface area contributed by atoms with E-state index in [9.17, 15) is 8.78 Å². The average Bonchev–Trinajstić information content (AvgIpc) is 3.19. The quantitative estimate of drug-likeness (QED) is 0.408. The van der Waals surface area contributed by atoms with Crippen LogP contribution in [0.2, 0.25) is 0 Å². The number of methoxy groups -OCH3 is 1. The van der Waals surface area contributed by atoms with Gasteiger partial charge in [-0.2, -0.15) is 10.1 Å². The number of anilines is 2. The lowest BCUT2D eigenvalue weighted by atomic mass is 9.82. The summed E-state index contributed by atoms with van der Waals surface area (Å²) in [5.74, 6) is -0.555. The number of hydrogen-bond acceptors (Lipinski definition) is 6. The van der Waals surface area contributed by atoms with E-state index >= 15 is 0 Å². The Morgan fingerprint density at radius 3 is 2.71 bits per heavy atom. The summed E-state index contributed by atoms with van der Waals surface area (Å²) in [4.78, 5) is 8.75. The number of aromatic nitrogens is 4. The van der Waals surface area contributed by atoms with Crippen LogP contribution in [0.4, 0.5) is 20.5 Å². The normalized spacial score (nSPS) is 16.1. The number of unbranched alkanes of at least 4 members (excludes halogenated alkanes) is 1. The van der Waals surface area contributed by atoms with Crippen LogP contribution in [0.25, 0.3) is 11.0 Å². The summed E-state index contributed by atoms with van der Waals surface area (Å²) in [6, 6.07) is 4.18. The molecule has 1 fully saturated rings. The molecular formula is C25H34F2N6O. The predicted octanol–water partition coefficient (Wildman–Crippen LogP) is 5.35. The van der Waals surface area contributed by atoms with Gasteiger partial charge in [-0.15, -0.1) is 0 Å². The van der Waals surface area contributed by atoms with Crippen molar-refractivity contribution < 1.29 is 13.5 Å². The standard InChI is InChI=1S/C25H34F2N6O/c1-4-5-10-29-23-22-20(31-24(28)32-23)14-30-33(22)15-19-16(2)11-18(13-21(19)34-3)12-17-6-8-25(26,27)9-7-17/h11,13-14,17H,4-10,12,15H2,1-3H3,(H3,28,29,31,32). The highest BCUT2D eigenvalue weighted by molar-refractivity contribution is 5.86. The Morgan fingerprint density at radius 2 is 2.00 bits per heavy atom. The molecule has 0 amide bonds. The van der Waals surface area contributed by atoms with E-state index in [4.69, 9.17) is 10.5 Å². The second-order valence-corrected chi connectivity index (χ2v) is 9.34. The van der Waals surface area contributed by atoms with Crippen molar-refractivity contribution in [2.75, 3.05) is 24.7 Å². The molecule has 0 radical (unpaired) electrons. The monoisotopic (exact) mass is 472 g/mol. The minimum Gasteiger partial charge on any atom is -0.496 e. The molecule has 7 nitrogen and oxygen atoms in total. The van der Waals surface area contributed by atoms with Crippen LogP contribution in [0.5, 0.6) is 5.75 Å². The smallest absolute Gasteiger partial charge is 0.248 e. The van der Waals surface area contributed by atoms with Crippen molar-refractivity contribution in [3.05, 3.63) is 35.0 Å². The number of aryl methyl sites for hydroxylation is 1. The maximum atomic E-state index is 13.5. The lowest BCUT2D eigenvalue weighted by molar-refractivity contribution is -0.0456. The zero-order chi connectivity index (χ0) is 24.3. The first-order valence-electron chi connectivity index (χ1n) is 12.1. The number of nitrogens with zero attached hydrogens (tertiary/aromatic N) is 4. The van der Waals surface area contributed by atoms with Gasteiger partial charge < -0.3 is 15.8 Å². The van der Waals surface area contributed by atoms with Crippen molar-refractivity contribution in [2.45, 2.75) is 71.3 Å². The summed E-state index contributed by atoms with van der Waals surface area (Å²) >= 11 is 0. The number of fused-ring (bicyclic) bond motifs is 1. The summed E-state index contributed by atoms with van der Waals surface area (Å²) in [5, 5.41) is 7.93. The number of ether oxygens (including phenoxy) is 1. The topological polar surface area (TPSA) is 90.9 Å². The van der Waals surface area contributed by atoms with Gasteiger partial charge >= 0.3 is 0 Å². The van der Waals surface area contributed by atoms with Gasteiger partial charge in [0, 0.05) is 24.9 Å². The van der Waals surface area contributed by atoms with Crippen LogP contribution in [0.15, 0.2) is 18.3 Å². The minimum atomic E-state index is -2.50. The second kappa shape index (κ2) is 10.1. The number of halogens is 2. The molecule has 4 rings (SSSR count). The Kier molecular flexibility index (Phi) is 7.19. The number of hydrogen-bond donors (Lipinski definition) is 2. The fourth-order valence-electron chi connectivity index (χ4n) is 4.79.